The number of hydrogen-bond acceptors (Lipinski definition) is 2. The van der Waals surface area contributed by atoms with Crippen molar-refractivity contribution in [1.82, 2.24) is 0 Å². The number of anilines is 1. The van der Waals surface area contributed by atoms with Crippen LogP contribution in [0, 0.1) is 0 Å². The molecular formula is C15H15BrClNO. The highest BCUT2D eigenvalue weighted by Crippen LogP contribution is 2.31. The molecule has 0 aromatic heterocycles. The molecule has 1 N–H and O–H groups in total. The standard InChI is InChI=1S/C15H15BrClNO/c1-10(12-5-3-4-6-14(12)17)18-15-9-11(19-2)7-8-13(15)16/h3-10,18H,1-2H3. The quantitative estimate of drug-likeness (QED) is 0.817. The van der Waals surface area contributed by atoms with Gasteiger partial charge in [0.05, 0.1) is 18.8 Å². The van der Waals surface area contributed by atoms with Gasteiger partial charge in [-0.25, -0.2) is 0 Å². The molecule has 1 unspecified atom stereocenters. The summed E-state index contributed by atoms with van der Waals surface area (Å²) in [6.45, 7) is 2.08. The van der Waals surface area contributed by atoms with E-state index in [1.165, 1.54) is 0 Å². The second kappa shape index (κ2) is 6.31. The third-order valence-electron chi connectivity index (χ3n) is 2.92. The maximum absolute atomic E-state index is 6.21. The molecule has 0 fully saturated rings. The molecule has 0 radical (unpaired) electrons. The molecule has 100 valence electrons. The van der Waals surface area contributed by atoms with E-state index in [-0.39, 0.29) is 6.04 Å². The van der Waals surface area contributed by atoms with Crippen LogP contribution in [-0.2, 0) is 0 Å². The highest BCUT2D eigenvalue weighted by Gasteiger charge is 2.11. The predicted molar refractivity (Wildman–Crippen MR) is 84.2 cm³/mol. The van der Waals surface area contributed by atoms with Crippen LogP contribution >= 0.6 is 27.5 Å². The number of hydrogen-bond donors (Lipinski definition) is 1. The summed E-state index contributed by atoms with van der Waals surface area (Å²) in [5, 5.41) is 4.20. The average molecular weight is 341 g/mol. The number of nitrogens with one attached hydrogen (secondary N) is 1. The number of methoxy groups -OCH3 is 1. The highest BCUT2D eigenvalue weighted by atomic mass is 79.9. The van der Waals surface area contributed by atoms with E-state index in [1.54, 1.807) is 7.11 Å². The van der Waals surface area contributed by atoms with Crippen LogP contribution in [0.1, 0.15) is 18.5 Å². The summed E-state index contributed by atoms with van der Waals surface area (Å²) >= 11 is 9.74. The summed E-state index contributed by atoms with van der Waals surface area (Å²) in [5.41, 5.74) is 2.05. The van der Waals surface area contributed by atoms with Gasteiger partial charge in [0.15, 0.2) is 0 Å². The molecule has 0 aliphatic rings. The summed E-state index contributed by atoms with van der Waals surface area (Å²) in [6.07, 6.45) is 0. The first-order valence-corrected chi connectivity index (χ1v) is 7.13. The number of halogens is 2. The van der Waals surface area contributed by atoms with E-state index < -0.39 is 0 Å². The molecule has 1 atom stereocenters. The second-order valence-electron chi connectivity index (χ2n) is 4.23. The minimum Gasteiger partial charge on any atom is -0.497 e. The summed E-state index contributed by atoms with van der Waals surface area (Å²) in [4.78, 5) is 0. The third kappa shape index (κ3) is 3.43. The van der Waals surface area contributed by atoms with Crippen molar-refractivity contribution < 1.29 is 4.74 Å². The van der Waals surface area contributed by atoms with Crippen molar-refractivity contribution in [2.45, 2.75) is 13.0 Å². The monoisotopic (exact) mass is 339 g/mol. The van der Waals surface area contributed by atoms with Gasteiger partial charge in [-0.15, -0.1) is 0 Å². The first kappa shape index (κ1) is 14.2. The molecule has 19 heavy (non-hydrogen) atoms. The molecule has 2 rings (SSSR count). The lowest BCUT2D eigenvalue weighted by atomic mass is 10.1. The van der Waals surface area contributed by atoms with Crippen LogP contribution in [0.4, 0.5) is 5.69 Å². The Hall–Kier alpha value is -1.19. The van der Waals surface area contributed by atoms with Gasteiger partial charge < -0.3 is 10.1 Å². The lowest BCUT2D eigenvalue weighted by Gasteiger charge is -2.18. The molecule has 0 heterocycles. The molecule has 0 amide bonds. The number of rotatable bonds is 4. The largest absolute Gasteiger partial charge is 0.497 e. The van der Waals surface area contributed by atoms with Crippen molar-refractivity contribution in [3.05, 3.63) is 57.5 Å². The van der Waals surface area contributed by atoms with Crippen molar-refractivity contribution in [3.8, 4) is 5.75 Å². The fourth-order valence-corrected chi connectivity index (χ4v) is 2.54. The normalized spacial score (nSPS) is 12.0. The second-order valence-corrected chi connectivity index (χ2v) is 5.49. The molecule has 0 bridgehead atoms. The molecule has 0 saturated carbocycles. The predicted octanol–water partition coefficient (Wildman–Crippen LogP) is 5.28. The maximum Gasteiger partial charge on any atom is 0.121 e. The topological polar surface area (TPSA) is 21.3 Å². The lowest BCUT2D eigenvalue weighted by molar-refractivity contribution is 0.415. The van der Waals surface area contributed by atoms with Gasteiger partial charge in [-0.1, -0.05) is 29.8 Å². The zero-order chi connectivity index (χ0) is 13.8. The molecule has 2 nitrogen and oxygen atoms in total. The minimum atomic E-state index is 0.108. The highest BCUT2D eigenvalue weighted by molar-refractivity contribution is 9.10. The Labute approximate surface area is 126 Å². The maximum atomic E-state index is 6.21. The smallest absolute Gasteiger partial charge is 0.121 e. The van der Waals surface area contributed by atoms with Crippen molar-refractivity contribution in [2.75, 3.05) is 12.4 Å². The average Bonchev–Trinajstić information content (AvgIpc) is 2.41. The Morgan fingerprint density at radius 2 is 1.95 bits per heavy atom. The number of ether oxygens (including phenoxy) is 1. The van der Waals surface area contributed by atoms with Crippen LogP contribution in [0.25, 0.3) is 0 Å². The zero-order valence-corrected chi connectivity index (χ0v) is 13.1. The summed E-state index contributed by atoms with van der Waals surface area (Å²) < 4.78 is 6.23. The van der Waals surface area contributed by atoms with Crippen LogP contribution in [0.15, 0.2) is 46.9 Å². The van der Waals surface area contributed by atoms with Crippen molar-refractivity contribution in [3.63, 3.8) is 0 Å². The fraction of sp³-hybridized carbons (Fsp3) is 0.200. The van der Waals surface area contributed by atoms with Crippen LogP contribution in [0.3, 0.4) is 0 Å². The van der Waals surface area contributed by atoms with E-state index in [4.69, 9.17) is 16.3 Å². The first-order valence-electron chi connectivity index (χ1n) is 5.96. The van der Waals surface area contributed by atoms with E-state index >= 15 is 0 Å². The van der Waals surface area contributed by atoms with E-state index in [0.717, 1.165) is 26.5 Å². The molecule has 2 aromatic carbocycles. The van der Waals surface area contributed by atoms with E-state index in [2.05, 4.69) is 28.2 Å². The SMILES string of the molecule is COc1ccc(Br)c(NC(C)c2ccccc2Cl)c1. The van der Waals surface area contributed by atoms with Crippen molar-refractivity contribution in [1.29, 1.82) is 0 Å². The van der Waals surface area contributed by atoms with Gasteiger partial charge in [0.25, 0.3) is 0 Å². The van der Waals surface area contributed by atoms with Crippen LogP contribution < -0.4 is 10.1 Å². The van der Waals surface area contributed by atoms with Gasteiger partial charge in [0.1, 0.15) is 5.75 Å². The van der Waals surface area contributed by atoms with Gasteiger partial charge in [0.2, 0.25) is 0 Å². The molecule has 0 aliphatic carbocycles. The Balaban J connectivity index is 2.24. The van der Waals surface area contributed by atoms with E-state index in [1.807, 2.05) is 42.5 Å². The molecule has 0 saturated heterocycles. The van der Waals surface area contributed by atoms with Crippen LogP contribution in [0.5, 0.6) is 5.75 Å². The molecule has 0 spiro atoms. The summed E-state index contributed by atoms with van der Waals surface area (Å²) in [6, 6.07) is 13.8. The van der Waals surface area contributed by atoms with Crippen LogP contribution in [0.2, 0.25) is 5.02 Å². The Morgan fingerprint density at radius 3 is 2.63 bits per heavy atom. The van der Waals surface area contributed by atoms with E-state index in [0.29, 0.717) is 0 Å². The van der Waals surface area contributed by atoms with Crippen molar-refractivity contribution in [2.24, 2.45) is 0 Å². The molecular weight excluding hydrogens is 326 g/mol. The fourth-order valence-electron chi connectivity index (χ4n) is 1.88. The van der Waals surface area contributed by atoms with Gasteiger partial charge in [-0.3, -0.25) is 0 Å². The van der Waals surface area contributed by atoms with E-state index in [9.17, 15) is 0 Å². The molecule has 4 heteroatoms. The van der Waals surface area contributed by atoms with Gasteiger partial charge in [-0.05, 0) is 46.6 Å². The van der Waals surface area contributed by atoms with Gasteiger partial charge >= 0.3 is 0 Å². The van der Waals surface area contributed by atoms with Gasteiger partial charge in [-0.2, -0.15) is 0 Å². The summed E-state index contributed by atoms with van der Waals surface area (Å²) in [7, 11) is 1.66. The Bertz CT molecular complexity index is 574. The third-order valence-corrected chi connectivity index (χ3v) is 3.95. The Morgan fingerprint density at radius 1 is 1.21 bits per heavy atom. The molecule has 2 aromatic rings. The Kier molecular flexibility index (Phi) is 4.72. The lowest BCUT2D eigenvalue weighted by Crippen LogP contribution is -2.07. The van der Waals surface area contributed by atoms with Crippen molar-refractivity contribution >= 4 is 33.2 Å². The first-order chi connectivity index (χ1) is 9.11. The van der Waals surface area contributed by atoms with Gasteiger partial charge in [0, 0.05) is 15.6 Å². The summed E-state index contributed by atoms with van der Waals surface area (Å²) in [5.74, 6) is 0.817. The number of benzene rings is 2. The zero-order valence-electron chi connectivity index (χ0n) is 10.8. The molecule has 0 aliphatic heterocycles. The minimum absolute atomic E-state index is 0.108. The van der Waals surface area contributed by atoms with Crippen LogP contribution in [-0.4, -0.2) is 7.11 Å².